The van der Waals surface area contributed by atoms with Crippen molar-refractivity contribution in [1.82, 2.24) is 9.62 Å². The van der Waals surface area contributed by atoms with Crippen LogP contribution in [0.3, 0.4) is 0 Å². The average Bonchev–Trinajstić information content (AvgIpc) is 2.88. The summed E-state index contributed by atoms with van der Waals surface area (Å²) in [7, 11) is -3.09. The van der Waals surface area contributed by atoms with E-state index in [0.29, 0.717) is 31.4 Å². The molecular weight excluding hydrogens is 319 g/mol. The van der Waals surface area contributed by atoms with Crippen LogP contribution in [0.5, 0.6) is 5.75 Å². The van der Waals surface area contributed by atoms with E-state index in [-0.39, 0.29) is 11.9 Å². The zero-order chi connectivity index (χ0) is 16.4. The Morgan fingerprint density at radius 1 is 1.39 bits per heavy atom. The molecule has 0 aliphatic carbocycles. The summed E-state index contributed by atoms with van der Waals surface area (Å²) in [4.78, 5) is 0. The van der Waals surface area contributed by atoms with E-state index in [0.717, 1.165) is 31.4 Å². The SMILES string of the molecule is CS(=O)(=O)N1CC[C@@H](CN[C@H]2CCCOc3cc(F)ccc32)C1. The topological polar surface area (TPSA) is 58.6 Å². The fraction of sp³-hybridized carbons (Fsp3) is 0.625. The van der Waals surface area contributed by atoms with Crippen LogP contribution in [0.15, 0.2) is 18.2 Å². The number of rotatable bonds is 4. The average molecular weight is 342 g/mol. The first-order valence-corrected chi connectivity index (χ1v) is 9.89. The third-order valence-electron chi connectivity index (χ3n) is 4.62. The number of nitrogens with zero attached hydrogens (tertiary/aromatic N) is 1. The monoisotopic (exact) mass is 342 g/mol. The molecule has 0 bridgehead atoms. The van der Waals surface area contributed by atoms with Gasteiger partial charge < -0.3 is 10.1 Å². The number of benzene rings is 1. The van der Waals surface area contributed by atoms with Gasteiger partial charge in [0.2, 0.25) is 10.0 Å². The maximum Gasteiger partial charge on any atom is 0.211 e. The smallest absolute Gasteiger partial charge is 0.211 e. The lowest BCUT2D eigenvalue weighted by Crippen LogP contribution is -2.31. The van der Waals surface area contributed by atoms with Gasteiger partial charge in [-0.1, -0.05) is 6.07 Å². The van der Waals surface area contributed by atoms with Crippen molar-refractivity contribution in [1.29, 1.82) is 0 Å². The normalized spacial score (nSPS) is 25.7. The fourth-order valence-corrected chi connectivity index (χ4v) is 4.25. The first-order valence-electron chi connectivity index (χ1n) is 8.04. The Labute approximate surface area is 136 Å². The Morgan fingerprint density at radius 2 is 2.22 bits per heavy atom. The van der Waals surface area contributed by atoms with Gasteiger partial charge in [-0.2, -0.15) is 0 Å². The maximum absolute atomic E-state index is 13.4. The predicted octanol–water partition coefficient (Wildman–Crippen LogP) is 1.91. The Kier molecular flexibility index (Phi) is 4.89. The van der Waals surface area contributed by atoms with Gasteiger partial charge in [0, 0.05) is 30.8 Å². The summed E-state index contributed by atoms with van der Waals surface area (Å²) < 4.78 is 43.7. The molecular formula is C16H23FN2O3S. The Morgan fingerprint density at radius 3 is 2.96 bits per heavy atom. The molecule has 7 heteroatoms. The first-order chi connectivity index (χ1) is 10.9. The van der Waals surface area contributed by atoms with Crippen molar-refractivity contribution < 1.29 is 17.5 Å². The molecule has 0 radical (unpaired) electrons. The molecule has 0 amide bonds. The molecule has 2 atom stereocenters. The highest BCUT2D eigenvalue weighted by Gasteiger charge is 2.29. The van der Waals surface area contributed by atoms with Gasteiger partial charge in [0.25, 0.3) is 0 Å². The van der Waals surface area contributed by atoms with Crippen LogP contribution in [0.4, 0.5) is 4.39 Å². The van der Waals surface area contributed by atoms with Gasteiger partial charge in [0.15, 0.2) is 0 Å². The van der Waals surface area contributed by atoms with E-state index in [1.165, 1.54) is 18.4 Å². The van der Waals surface area contributed by atoms with Crippen molar-refractivity contribution in [2.24, 2.45) is 5.92 Å². The highest BCUT2D eigenvalue weighted by molar-refractivity contribution is 7.88. The maximum atomic E-state index is 13.4. The second-order valence-electron chi connectivity index (χ2n) is 6.41. The standard InChI is InChI=1S/C16H23FN2O3S/c1-23(20,21)19-7-6-12(11-19)10-18-15-3-2-8-22-16-9-13(17)4-5-14(15)16/h4-5,9,12,15,18H,2-3,6-8,10-11H2,1H3/t12-,15-/m0/s1. The van der Waals surface area contributed by atoms with Gasteiger partial charge in [-0.25, -0.2) is 17.1 Å². The molecule has 1 aromatic rings. The van der Waals surface area contributed by atoms with Crippen LogP contribution in [0, 0.1) is 11.7 Å². The third kappa shape index (κ3) is 4.02. The van der Waals surface area contributed by atoms with E-state index in [9.17, 15) is 12.8 Å². The van der Waals surface area contributed by atoms with Crippen LogP contribution in [0.25, 0.3) is 0 Å². The third-order valence-corrected chi connectivity index (χ3v) is 5.89. The summed E-state index contributed by atoms with van der Waals surface area (Å²) in [6.45, 7) is 2.53. The van der Waals surface area contributed by atoms with E-state index in [1.54, 1.807) is 10.4 Å². The van der Waals surface area contributed by atoms with E-state index in [2.05, 4.69) is 5.32 Å². The Bertz CT molecular complexity index is 665. The van der Waals surface area contributed by atoms with Gasteiger partial charge in [-0.3, -0.25) is 0 Å². The number of ether oxygens (including phenoxy) is 1. The summed E-state index contributed by atoms with van der Waals surface area (Å²) in [6.07, 6.45) is 3.98. The van der Waals surface area contributed by atoms with Crippen molar-refractivity contribution in [2.75, 3.05) is 32.5 Å². The lowest BCUT2D eigenvalue weighted by Gasteiger charge is -2.21. The van der Waals surface area contributed by atoms with Crippen molar-refractivity contribution in [2.45, 2.75) is 25.3 Å². The van der Waals surface area contributed by atoms with E-state index >= 15 is 0 Å². The number of fused-ring (bicyclic) bond motifs is 1. The molecule has 128 valence electrons. The van der Waals surface area contributed by atoms with Crippen LogP contribution >= 0.6 is 0 Å². The molecule has 23 heavy (non-hydrogen) atoms. The van der Waals surface area contributed by atoms with Gasteiger partial charge in [0.1, 0.15) is 11.6 Å². The summed E-state index contributed by atoms with van der Waals surface area (Å²) >= 11 is 0. The highest BCUT2D eigenvalue weighted by atomic mass is 32.2. The Hall–Kier alpha value is -1.18. The van der Waals surface area contributed by atoms with Gasteiger partial charge in [-0.15, -0.1) is 0 Å². The quantitative estimate of drug-likeness (QED) is 0.908. The molecule has 0 spiro atoms. The van der Waals surface area contributed by atoms with Crippen molar-refractivity contribution in [3.05, 3.63) is 29.6 Å². The molecule has 2 aliphatic rings. The fourth-order valence-electron chi connectivity index (χ4n) is 3.33. The molecule has 1 N–H and O–H groups in total. The second kappa shape index (κ2) is 6.75. The largest absolute Gasteiger partial charge is 0.493 e. The molecule has 2 heterocycles. The zero-order valence-electron chi connectivity index (χ0n) is 13.3. The van der Waals surface area contributed by atoms with Gasteiger partial charge in [-0.05, 0) is 37.8 Å². The molecule has 3 rings (SSSR count). The number of sulfonamides is 1. The van der Waals surface area contributed by atoms with Crippen LogP contribution in [0.1, 0.15) is 30.9 Å². The summed E-state index contributed by atoms with van der Waals surface area (Å²) in [5, 5.41) is 3.53. The number of nitrogens with one attached hydrogen (secondary N) is 1. The molecule has 5 nitrogen and oxygen atoms in total. The molecule has 2 aliphatic heterocycles. The van der Waals surface area contributed by atoms with Crippen LogP contribution in [-0.2, 0) is 10.0 Å². The van der Waals surface area contributed by atoms with Crippen molar-refractivity contribution in [3.63, 3.8) is 0 Å². The summed E-state index contributed by atoms with van der Waals surface area (Å²) in [6, 6.07) is 4.81. The molecule has 0 unspecified atom stereocenters. The van der Waals surface area contributed by atoms with Crippen molar-refractivity contribution in [3.8, 4) is 5.75 Å². The minimum Gasteiger partial charge on any atom is -0.493 e. The van der Waals surface area contributed by atoms with E-state index in [4.69, 9.17) is 4.74 Å². The number of halogens is 1. The minimum absolute atomic E-state index is 0.125. The lowest BCUT2D eigenvalue weighted by atomic mass is 10.0. The number of hydrogen-bond donors (Lipinski definition) is 1. The van der Waals surface area contributed by atoms with Crippen molar-refractivity contribution >= 4 is 10.0 Å². The molecule has 1 saturated heterocycles. The lowest BCUT2D eigenvalue weighted by molar-refractivity contribution is 0.313. The number of hydrogen-bond acceptors (Lipinski definition) is 4. The summed E-state index contributed by atoms with van der Waals surface area (Å²) in [5.41, 5.74) is 0.988. The highest BCUT2D eigenvalue weighted by Crippen LogP contribution is 2.32. The van der Waals surface area contributed by atoms with E-state index < -0.39 is 10.0 Å². The first kappa shape index (κ1) is 16.7. The molecule has 1 aromatic carbocycles. The van der Waals surface area contributed by atoms with Crippen LogP contribution in [0.2, 0.25) is 0 Å². The Balaban J connectivity index is 1.63. The molecule has 0 aromatic heterocycles. The summed E-state index contributed by atoms with van der Waals surface area (Å²) in [5.74, 6) is 0.644. The molecule has 1 fully saturated rings. The van der Waals surface area contributed by atoms with E-state index in [1.807, 2.05) is 0 Å². The van der Waals surface area contributed by atoms with Gasteiger partial charge >= 0.3 is 0 Å². The minimum atomic E-state index is -3.09. The van der Waals surface area contributed by atoms with Gasteiger partial charge in [0.05, 0.1) is 12.9 Å². The zero-order valence-corrected chi connectivity index (χ0v) is 14.1. The van der Waals surface area contributed by atoms with Crippen LogP contribution < -0.4 is 10.1 Å². The predicted molar refractivity (Wildman–Crippen MR) is 86.4 cm³/mol. The van der Waals surface area contributed by atoms with Crippen LogP contribution in [-0.4, -0.2) is 45.2 Å². The second-order valence-corrected chi connectivity index (χ2v) is 8.39. The molecule has 0 saturated carbocycles.